The number of thiophene rings is 1. The molecule has 3 nitrogen and oxygen atoms in total. The molecule has 6 heteroatoms. The molecular formula is C11H16F2N2OS. The van der Waals surface area contributed by atoms with Crippen LogP contribution in [0.25, 0.3) is 0 Å². The van der Waals surface area contributed by atoms with Crippen molar-refractivity contribution >= 4 is 11.3 Å². The summed E-state index contributed by atoms with van der Waals surface area (Å²) in [6, 6.07) is 3.71. The van der Waals surface area contributed by atoms with E-state index < -0.39 is 0 Å². The van der Waals surface area contributed by atoms with Gasteiger partial charge in [0.05, 0.1) is 12.7 Å². The van der Waals surface area contributed by atoms with E-state index in [0.717, 1.165) is 5.06 Å². The van der Waals surface area contributed by atoms with Crippen molar-refractivity contribution in [3.63, 3.8) is 0 Å². The molecule has 1 rings (SSSR count). The molecule has 0 aromatic carbocycles. The van der Waals surface area contributed by atoms with Crippen LogP contribution in [0.15, 0.2) is 41.8 Å². The molecule has 0 atom stereocenters. The molecule has 0 saturated carbocycles. The molecule has 0 spiro atoms. The maximum atomic E-state index is 12.0. The van der Waals surface area contributed by atoms with Gasteiger partial charge in [-0.2, -0.15) is 0 Å². The van der Waals surface area contributed by atoms with Crippen LogP contribution >= 0.6 is 11.3 Å². The molecule has 17 heavy (non-hydrogen) atoms. The van der Waals surface area contributed by atoms with Crippen molar-refractivity contribution in [3.8, 4) is 5.06 Å². The standard InChI is InChI=1S/C8H10FNOS.C3H6FN/c9-4-7(5-10)6-11-8-2-1-3-12-8;4-2-1-3-5/h1-4H,5-6,10H2;1-2H,3,5H2. The van der Waals surface area contributed by atoms with Crippen molar-refractivity contribution in [2.75, 3.05) is 19.7 Å². The van der Waals surface area contributed by atoms with Gasteiger partial charge >= 0.3 is 0 Å². The molecule has 0 bridgehead atoms. The van der Waals surface area contributed by atoms with Crippen molar-refractivity contribution in [1.82, 2.24) is 0 Å². The van der Waals surface area contributed by atoms with E-state index in [1.807, 2.05) is 17.5 Å². The molecule has 96 valence electrons. The Labute approximate surface area is 103 Å². The molecule has 0 amide bonds. The molecule has 0 unspecified atom stereocenters. The van der Waals surface area contributed by atoms with Crippen LogP contribution < -0.4 is 16.2 Å². The van der Waals surface area contributed by atoms with Gasteiger partial charge in [-0.05, 0) is 23.6 Å². The summed E-state index contributed by atoms with van der Waals surface area (Å²) in [5.74, 6) is 0. The number of nitrogens with two attached hydrogens (primary N) is 2. The number of rotatable bonds is 5. The predicted molar refractivity (Wildman–Crippen MR) is 67.4 cm³/mol. The smallest absolute Gasteiger partial charge is 0.174 e. The second kappa shape index (κ2) is 11.3. The zero-order chi connectivity index (χ0) is 12.9. The quantitative estimate of drug-likeness (QED) is 0.856. The lowest BCUT2D eigenvalue weighted by Gasteiger charge is -2.03. The zero-order valence-corrected chi connectivity index (χ0v) is 10.1. The summed E-state index contributed by atoms with van der Waals surface area (Å²) in [6.45, 7) is 0.714. The van der Waals surface area contributed by atoms with E-state index in [2.05, 4.69) is 0 Å². The van der Waals surface area contributed by atoms with Gasteiger partial charge in [-0.25, -0.2) is 8.78 Å². The lowest BCUT2D eigenvalue weighted by molar-refractivity contribution is 0.357. The fourth-order valence-electron chi connectivity index (χ4n) is 0.696. The molecule has 1 heterocycles. The maximum Gasteiger partial charge on any atom is 0.174 e. The van der Waals surface area contributed by atoms with E-state index in [1.165, 1.54) is 17.4 Å². The molecule has 1 aromatic rings. The van der Waals surface area contributed by atoms with Gasteiger partial charge < -0.3 is 16.2 Å². The van der Waals surface area contributed by atoms with Crippen LogP contribution in [0.4, 0.5) is 8.78 Å². The first-order chi connectivity index (χ1) is 8.28. The third-order valence-corrected chi connectivity index (χ3v) is 2.32. The summed E-state index contributed by atoms with van der Waals surface area (Å²) in [4.78, 5) is 0. The maximum absolute atomic E-state index is 12.0. The van der Waals surface area contributed by atoms with E-state index in [0.29, 0.717) is 18.2 Å². The molecule has 0 aliphatic carbocycles. The Kier molecular flexibility index (Phi) is 10.4. The normalized spacial score (nSPS) is 11.2. The molecule has 0 radical (unpaired) electrons. The van der Waals surface area contributed by atoms with Crippen LogP contribution in [0.1, 0.15) is 0 Å². The van der Waals surface area contributed by atoms with Crippen molar-refractivity contribution in [1.29, 1.82) is 0 Å². The number of ether oxygens (including phenoxy) is 1. The first kappa shape index (κ1) is 15.8. The Morgan fingerprint density at radius 1 is 1.41 bits per heavy atom. The number of hydrogen-bond donors (Lipinski definition) is 2. The average Bonchev–Trinajstić information content (AvgIpc) is 2.85. The van der Waals surface area contributed by atoms with Gasteiger partial charge in [0.15, 0.2) is 5.06 Å². The Hall–Kier alpha value is -1.24. The first-order valence-electron chi connectivity index (χ1n) is 4.88. The third-order valence-electron chi connectivity index (χ3n) is 1.54. The Morgan fingerprint density at radius 2 is 2.18 bits per heavy atom. The highest BCUT2D eigenvalue weighted by molar-refractivity contribution is 7.11. The van der Waals surface area contributed by atoms with E-state index in [1.54, 1.807) is 0 Å². The Morgan fingerprint density at radius 3 is 2.53 bits per heavy atom. The minimum absolute atomic E-state index is 0.196. The van der Waals surface area contributed by atoms with E-state index >= 15 is 0 Å². The van der Waals surface area contributed by atoms with Crippen LogP contribution in [0, 0.1) is 0 Å². The van der Waals surface area contributed by atoms with Crippen molar-refractivity contribution in [3.05, 3.63) is 41.8 Å². The van der Waals surface area contributed by atoms with E-state index in [-0.39, 0.29) is 19.7 Å². The van der Waals surface area contributed by atoms with Gasteiger partial charge in [0.2, 0.25) is 0 Å². The first-order valence-corrected chi connectivity index (χ1v) is 5.76. The van der Waals surface area contributed by atoms with E-state index in [9.17, 15) is 8.78 Å². The van der Waals surface area contributed by atoms with Crippen LogP contribution in [-0.2, 0) is 0 Å². The second-order valence-corrected chi connectivity index (χ2v) is 3.70. The monoisotopic (exact) mass is 262 g/mol. The average molecular weight is 262 g/mol. The number of hydrogen-bond acceptors (Lipinski definition) is 4. The van der Waals surface area contributed by atoms with Crippen molar-refractivity contribution < 1.29 is 13.5 Å². The van der Waals surface area contributed by atoms with E-state index in [4.69, 9.17) is 16.2 Å². The zero-order valence-electron chi connectivity index (χ0n) is 9.31. The third kappa shape index (κ3) is 8.56. The molecular weight excluding hydrogens is 246 g/mol. The minimum atomic E-state index is 0.196. The van der Waals surface area contributed by atoms with Crippen molar-refractivity contribution in [2.45, 2.75) is 0 Å². The lowest BCUT2D eigenvalue weighted by Crippen LogP contribution is -2.10. The van der Waals surface area contributed by atoms with Crippen LogP contribution in [-0.4, -0.2) is 19.7 Å². The SMILES string of the molecule is NCC(=CF)COc1cccs1.NCC=CF. The highest BCUT2D eigenvalue weighted by atomic mass is 32.1. The second-order valence-electron chi connectivity index (χ2n) is 2.79. The summed E-state index contributed by atoms with van der Waals surface area (Å²) in [7, 11) is 0. The lowest BCUT2D eigenvalue weighted by atomic mass is 10.3. The van der Waals surface area contributed by atoms with Gasteiger partial charge in [0, 0.05) is 18.7 Å². The summed E-state index contributed by atoms with van der Waals surface area (Å²) in [6.07, 6.45) is 2.16. The van der Waals surface area contributed by atoms with Crippen molar-refractivity contribution in [2.24, 2.45) is 11.5 Å². The van der Waals surface area contributed by atoms with Crippen LogP contribution in [0.5, 0.6) is 5.06 Å². The van der Waals surface area contributed by atoms with Gasteiger partial charge in [-0.3, -0.25) is 0 Å². The summed E-state index contributed by atoms with van der Waals surface area (Å²) in [5.41, 5.74) is 10.5. The highest BCUT2D eigenvalue weighted by Gasteiger charge is 1.97. The Bertz CT molecular complexity index is 326. The van der Waals surface area contributed by atoms with Gasteiger partial charge in [0.1, 0.15) is 6.61 Å². The fourth-order valence-corrected chi connectivity index (χ4v) is 1.27. The van der Waals surface area contributed by atoms with Gasteiger partial charge in [-0.15, -0.1) is 11.3 Å². The van der Waals surface area contributed by atoms with Crippen LogP contribution in [0.2, 0.25) is 0 Å². The number of halogens is 2. The topological polar surface area (TPSA) is 61.3 Å². The molecule has 4 N–H and O–H groups in total. The largest absolute Gasteiger partial charge is 0.480 e. The minimum Gasteiger partial charge on any atom is -0.480 e. The molecule has 0 fully saturated rings. The highest BCUT2D eigenvalue weighted by Crippen LogP contribution is 2.18. The van der Waals surface area contributed by atoms with Gasteiger partial charge in [-0.1, -0.05) is 0 Å². The van der Waals surface area contributed by atoms with Gasteiger partial charge in [0.25, 0.3) is 0 Å². The predicted octanol–water partition coefficient (Wildman–Crippen LogP) is 2.37. The molecule has 0 saturated heterocycles. The summed E-state index contributed by atoms with van der Waals surface area (Å²) >= 11 is 1.47. The Balaban J connectivity index is 0.000000437. The molecule has 0 aliphatic heterocycles. The summed E-state index contributed by atoms with van der Waals surface area (Å²) < 4.78 is 27.9. The van der Waals surface area contributed by atoms with Crippen LogP contribution in [0.3, 0.4) is 0 Å². The fraction of sp³-hybridized carbons (Fsp3) is 0.273. The molecule has 1 aromatic heterocycles. The summed E-state index contributed by atoms with van der Waals surface area (Å²) in [5, 5.41) is 2.68. The molecule has 0 aliphatic rings.